The highest BCUT2D eigenvalue weighted by Gasteiger charge is 2.20. The molecule has 0 saturated heterocycles. The van der Waals surface area contributed by atoms with Crippen LogP contribution in [0, 0.1) is 10.8 Å². The van der Waals surface area contributed by atoms with E-state index in [-0.39, 0.29) is 35.9 Å². The molecule has 0 aliphatic heterocycles. The van der Waals surface area contributed by atoms with Crippen molar-refractivity contribution in [2.45, 2.75) is 12.8 Å². The lowest BCUT2D eigenvalue weighted by Gasteiger charge is -2.22. The summed E-state index contributed by atoms with van der Waals surface area (Å²) in [5, 5.41) is 14.8. The van der Waals surface area contributed by atoms with Crippen LogP contribution in [0.25, 0.3) is 0 Å². The lowest BCUT2D eigenvalue weighted by atomic mass is 10.2. The molecular weight excluding hydrogens is 336 g/mol. The largest absolute Gasteiger partial charge is 0.382 e. The van der Waals surface area contributed by atoms with Gasteiger partial charge in [0.05, 0.1) is 23.8 Å². The first-order valence-corrected chi connectivity index (χ1v) is 7.51. The second kappa shape index (κ2) is 7.83. The molecule has 2 amide bonds. The predicted octanol–water partition coefficient (Wildman–Crippen LogP) is -0.0251. The van der Waals surface area contributed by atoms with Crippen molar-refractivity contribution in [3.63, 3.8) is 0 Å². The van der Waals surface area contributed by atoms with Gasteiger partial charge in [-0.05, 0) is 24.3 Å². The fourth-order valence-corrected chi connectivity index (χ4v) is 2.13. The Labute approximate surface area is 149 Å². The number of amidine groups is 2. The van der Waals surface area contributed by atoms with E-state index in [2.05, 4.69) is 9.97 Å². The Hall–Kier alpha value is -3.82. The Morgan fingerprint density at radius 2 is 1.31 bits per heavy atom. The highest BCUT2D eigenvalue weighted by molar-refractivity contribution is 6.02. The van der Waals surface area contributed by atoms with Crippen LogP contribution in [0.15, 0.2) is 36.7 Å². The van der Waals surface area contributed by atoms with Gasteiger partial charge in [-0.3, -0.25) is 35.3 Å². The van der Waals surface area contributed by atoms with E-state index in [9.17, 15) is 9.59 Å². The zero-order valence-electron chi connectivity index (χ0n) is 13.8. The molecule has 0 radical (unpaired) electrons. The number of carbonyl (C=O) groups is 2. The topological polar surface area (TPSA) is 189 Å². The summed E-state index contributed by atoms with van der Waals surface area (Å²) in [6.45, 7) is 0. The molecule has 0 unspecified atom stereocenters. The summed E-state index contributed by atoms with van der Waals surface area (Å²) in [6, 6.07) is 6.16. The van der Waals surface area contributed by atoms with E-state index in [1.54, 1.807) is 12.1 Å². The number of nitrogen functional groups attached to an aromatic ring is 2. The Bertz CT molecular complexity index is 788. The van der Waals surface area contributed by atoms with Gasteiger partial charge in [0.1, 0.15) is 23.1 Å². The fourth-order valence-electron chi connectivity index (χ4n) is 2.13. The lowest BCUT2D eigenvalue weighted by molar-refractivity contribution is -0.123. The molecule has 2 aromatic rings. The highest BCUT2D eigenvalue weighted by atomic mass is 16.2. The van der Waals surface area contributed by atoms with Gasteiger partial charge in [-0.25, -0.2) is 0 Å². The van der Waals surface area contributed by atoms with Gasteiger partial charge in [0.25, 0.3) is 0 Å². The Morgan fingerprint density at radius 3 is 1.62 bits per heavy atom. The standard InChI is InChI=1S/C16H18N8O2/c17-13(25)5-6-14(26)24(9-1-3-11(15(18)19)22-7-9)10-2-4-12(16(20)21)23-8-10/h1-4,7-8H,5-6H2,(H2,17,25)(H3,18,19)(H3,20,21). The van der Waals surface area contributed by atoms with E-state index >= 15 is 0 Å². The number of aromatic nitrogens is 2. The molecule has 2 aromatic heterocycles. The number of primary amides is 1. The zero-order valence-corrected chi connectivity index (χ0v) is 13.8. The number of carbonyl (C=O) groups excluding carboxylic acids is 2. The molecule has 134 valence electrons. The highest BCUT2D eigenvalue weighted by Crippen LogP contribution is 2.25. The SMILES string of the molecule is N=C(N)c1ccc(N(C(=O)CCC(N)=O)c2ccc(C(=N)N)nc2)cn1. The average Bonchev–Trinajstić information content (AvgIpc) is 2.61. The molecule has 2 heterocycles. The summed E-state index contributed by atoms with van der Waals surface area (Å²) < 4.78 is 0. The number of hydrogen-bond donors (Lipinski definition) is 5. The Kier molecular flexibility index (Phi) is 5.58. The minimum Gasteiger partial charge on any atom is -0.382 e. The predicted molar refractivity (Wildman–Crippen MR) is 96.1 cm³/mol. The molecule has 8 N–H and O–H groups in total. The molecule has 26 heavy (non-hydrogen) atoms. The maximum atomic E-state index is 12.6. The van der Waals surface area contributed by atoms with Crippen molar-refractivity contribution in [3.05, 3.63) is 48.0 Å². The number of nitrogens with one attached hydrogen (secondary N) is 2. The molecule has 2 rings (SSSR count). The summed E-state index contributed by atoms with van der Waals surface area (Å²) in [6.07, 6.45) is 2.57. The van der Waals surface area contributed by atoms with Gasteiger partial charge < -0.3 is 17.2 Å². The van der Waals surface area contributed by atoms with Crippen molar-refractivity contribution < 1.29 is 9.59 Å². The minimum absolute atomic E-state index is 0.0990. The van der Waals surface area contributed by atoms with Crippen molar-refractivity contribution in [2.75, 3.05) is 4.90 Å². The van der Waals surface area contributed by atoms with Crippen LogP contribution in [0.5, 0.6) is 0 Å². The number of amides is 2. The van der Waals surface area contributed by atoms with Crippen molar-refractivity contribution >= 4 is 34.9 Å². The van der Waals surface area contributed by atoms with E-state index in [1.165, 1.54) is 29.4 Å². The summed E-state index contributed by atoms with van der Waals surface area (Å²) in [5.74, 6) is -1.38. The normalized spacial score (nSPS) is 10.2. The van der Waals surface area contributed by atoms with Crippen LogP contribution in [0.2, 0.25) is 0 Å². The molecule has 0 spiro atoms. The quantitative estimate of drug-likeness (QED) is 0.343. The fraction of sp³-hybridized carbons (Fsp3) is 0.125. The summed E-state index contributed by atoms with van der Waals surface area (Å²) in [7, 11) is 0. The van der Waals surface area contributed by atoms with Gasteiger partial charge >= 0.3 is 0 Å². The van der Waals surface area contributed by atoms with E-state index in [0.717, 1.165) is 0 Å². The summed E-state index contributed by atoms with van der Waals surface area (Å²) >= 11 is 0. The van der Waals surface area contributed by atoms with Crippen LogP contribution >= 0.6 is 0 Å². The second-order valence-electron chi connectivity index (χ2n) is 5.33. The molecular formula is C16H18N8O2. The smallest absolute Gasteiger partial charge is 0.232 e. The number of anilines is 2. The van der Waals surface area contributed by atoms with E-state index < -0.39 is 11.8 Å². The molecule has 0 atom stereocenters. The first-order chi connectivity index (χ1) is 12.3. The van der Waals surface area contributed by atoms with Gasteiger partial charge in [-0.1, -0.05) is 0 Å². The molecule has 0 saturated carbocycles. The molecule has 10 nitrogen and oxygen atoms in total. The number of hydrogen-bond acceptors (Lipinski definition) is 6. The van der Waals surface area contributed by atoms with Crippen LogP contribution in [0.3, 0.4) is 0 Å². The van der Waals surface area contributed by atoms with Gasteiger partial charge in [0.15, 0.2) is 0 Å². The minimum atomic E-state index is -0.589. The van der Waals surface area contributed by atoms with Gasteiger partial charge in [-0.15, -0.1) is 0 Å². The van der Waals surface area contributed by atoms with Crippen molar-refractivity contribution in [1.29, 1.82) is 10.8 Å². The number of nitrogens with zero attached hydrogens (tertiary/aromatic N) is 3. The van der Waals surface area contributed by atoms with Crippen molar-refractivity contribution in [1.82, 2.24) is 9.97 Å². The molecule has 0 fully saturated rings. The monoisotopic (exact) mass is 354 g/mol. The third kappa shape index (κ3) is 4.38. The van der Waals surface area contributed by atoms with Crippen molar-refractivity contribution in [2.24, 2.45) is 17.2 Å². The molecule has 0 aliphatic rings. The Morgan fingerprint density at radius 1 is 0.846 bits per heavy atom. The van der Waals surface area contributed by atoms with Gasteiger partial charge in [0.2, 0.25) is 11.8 Å². The Balaban J connectivity index is 2.40. The second-order valence-corrected chi connectivity index (χ2v) is 5.33. The average molecular weight is 354 g/mol. The zero-order chi connectivity index (χ0) is 19.3. The molecule has 0 aliphatic carbocycles. The maximum Gasteiger partial charge on any atom is 0.232 e. The van der Waals surface area contributed by atoms with Crippen LogP contribution in [0.4, 0.5) is 11.4 Å². The van der Waals surface area contributed by atoms with E-state index in [4.69, 9.17) is 28.0 Å². The van der Waals surface area contributed by atoms with Crippen LogP contribution < -0.4 is 22.1 Å². The van der Waals surface area contributed by atoms with Crippen LogP contribution in [-0.4, -0.2) is 33.5 Å². The molecule has 10 heteroatoms. The van der Waals surface area contributed by atoms with Gasteiger partial charge in [-0.2, -0.15) is 0 Å². The third-order valence-electron chi connectivity index (χ3n) is 3.40. The number of nitrogens with two attached hydrogens (primary N) is 3. The lowest BCUT2D eigenvalue weighted by Crippen LogP contribution is -2.28. The van der Waals surface area contributed by atoms with Crippen LogP contribution in [-0.2, 0) is 9.59 Å². The first kappa shape index (κ1) is 18.5. The van der Waals surface area contributed by atoms with Gasteiger partial charge in [0, 0.05) is 12.8 Å². The first-order valence-electron chi connectivity index (χ1n) is 7.51. The maximum absolute atomic E-state index is 12.6. The van der Waals surface area contributed by atoms with E-state index in [1.807, 2.05) is 0 Å². The number of pyridine rings is 2. The summed E-state index contributed by atoms with van der Waals surface area (Å²) in [5.41, 5.74) is 17.2. The van der Waals surface area contributed by atoms with Crippen LogP contribution in [0.1, 0.15) is 24.2 Å². The van der Waals surface area contributed by atoms with Crippen molar-refractivity contribution in [3.8, 4) is 0 Å². The van der Waals surface area contributed by atoms with E-state index in [0.29, 0.717) is 11.4 Å². The summed E-state index contributed by atoms with van der Waals surface area (Å²) in [4.78, 5) is 33.0. The molecule has 0 bridgehead atoms. The third-order valence-corrected chi connectivity index (χ3v) is 3.40. The number of rotatable bonds is 7. The molecule has 0 aromatic carbocycles.